The second kappa shape index (κ2) is 10.5. The fourth-order valence-corrected chi connectivity index (χ4v) is 5.20. The highest BCUT2D eigenvalue weighted by Crippen LogP contribution is 2.37. The maximum Gasteiger partial charge on any atom is 0.410 e. The molecule has 0 aliphatic carbocycles. The number of hydrogen-bond acceptors (Lipinski definition) is 7. The molecule has 34 heavy (non-hydrogen) atoms. The van der Waals surface area contributed by atoms with Crippen LogP contribution < -0.4 is 5.32 Å². The molecule has 0 spiro atoms. The van der Waals surface area contributed by atoms with Gasteiger partial charge in [-0.05, 0) is 36.5 Å². The van der Waals surface area contributed by atoms with E-state index in [2.05, 4.69) is 21.4 Å². The number of aromatic nitrogens is 3. The first-order chi connectivity index (χ1) is 16.5. The Morgan fingerprint density at radius 3 is 2.94 bits per heavy atom. The summed E-state index contributed by atoms with van der Waals surface area (Å²) >= 11 is 1.35. The van der Waals surface area contributed by atoms with Gasteiger partial charge < -0.3 is 19.5 Å². The third-order valence-electron chi connectivity index (χ3n) is 5.91. The zero-order chi connectivity index (χ0) is 24.1. The highest BCUT2D eigenvalue weighted by Gasteiger charge is 2.28. The largest absolute Gasteiger partial charge is 0.448 e. The summed E-state index contributed by atoms with van der Waals surface area (Å²) in [6, 6.07) is 6.03. The number of nitriles is 1. The molecule has 0 bridgehead atoms. The van der Waals surface area contributed by atoms with Crippen LogP contribution in [0.3, 0.4) is 0 Å². The highest BCUT2D eigenvalue weighted by atomic mass is 32.1. The molecule has 4 heterocycles. The van der Waals surface area contributed by atoms with Gasteiger partial charge in [-0.15, -0.1) is 11.3 Å². The van der Waals surface area contributed by atoms with Crippen molar-refractivity contribution in [3.8, 4) is 6.07 Å². The van der Waals surface area contributed by atoms with E-state index in [0.29, 0.717) is 36.6 Å². The van der Waals surface area contributed by atoms with Crippen LogP contribution in [0.25, 0.3) is 0 Å². The van der Waals surface area contributed by atoms with Crippen LogP contribution in [0.1, 0.15) is 46.7 Å². The summed E-state index contributed by atoms with van der Waals surface area (Å²) in [6.45, 7) is 5.49. The lowest BCUT2D eigenvalue weighted by atomic mass is 9.99. The molecule has 9 nitrogen and oxygen atoms in total. The van der Waals surface area contributed by atoms with Gasteiger partial charge in [0.1, 0.15) is 23.5 Å². The van der Waals surface area contributed by atoms with Crippen LogP contribution in [0.5, 0.6) is 0 Å². The van der Waals surface area contributed by atoms with Gasteiger partial charge in [0.2, 0.25) is 5.91 Å². The molecule has 3 aromatic heterocycles. The van der Waals surface area contributed by atoms with E-state index in [1.807, 2.05) is 36.7 Å². The number of pyridine rings is 1. The van der Waals surface area contributed by atoms with E-state index in [9.17, 15) is 14.9 Å². The van der Waals surface area contributed by atoms with Crippen molar-refractivity contribution in [2.75, 3.05) is 18.5 Å². The van der Waals surface area contributed by atoms with Crippen LogP contribution in [-0.2, 0) is 29.0 Å². The van der Waals surface area contributed by atoms with Gasteiger partial charge in [0.15, 0.2) is 0 Å². The molecule has 0 saturated carbocycles. The Morgan fingerprint density at radius 1 is 1.38 bits per heavy atom. The highest BCUT2D eigenvalue weighted by molar-refractivity contribution is 7.16. The van der Waals surface area contributed by atoms with Gasteiger partial charge in [-0.25, -0.2) is 9.78 Å². The number of ether oxygens (including phenoxy) is 1. The Kier molecular flexibility index (Phi) is 7.23. The minimum Gasteiger partial charge on any atom is -0.448 e. The minimum absolute atomic E-state index is 0.00481. The quantitative estimate of drug-likeness (QED) is 0.552. The summed E-state index contributed by atoms with van der Waals surface area (Å²) in [5, 5.41) is 13.2. The van der Waals surface area contributed by atoms with E-state index >= 15 is 0 Å². The monoisotopic (exact) mass is 478 g/mol. The van der Waals surface area contributed by atoms with Crippen molar-refractivity contribution in [1.29, 1.82) is 5.26 Å². The normalized spacial score (nSPS) is 13.6. The first kappa shape index (κ1) is 23.4. The molecule has 1 N–H and O–H groups in total. The van der Waals surface area contributed by atoms with Gasteiger partial charge in [0.05, 0.1) is 18.7 Å². The fourth-order valence-electron chi connectivity index (χ4n) is 3.97. The second-order valence-corrected chi connectivity index (χ2v) is 9.32. The molecule has 0 fully saturated rings. The molecule has 1 aliphatic rings. The number of thiophene rings is 1. The van der Waals surface area contributed by atoms with E-state index in [-0.39, 0.29) is 30.9 Å². The smallest absolute Gasteiger partial charge is 0.410 e. The molecular formula is C24H26N6O3S. The van der Waals surface area contributed by atoms with Crippen LogP contribution in [0.2, 0.25) is 0 Å². The first-order valence-electron chi connectivity index (χ1n) is 11.1. The molecule has 176 valence electrons. The predicted octanol–water partition coefficient (Wildman–Crippen LogP) is 3.85. The first-order valence-corrected chi connectivity index (χ1v) is 11.9. The number of carbonyl (C=O) groups excluding carboxylic acids is 2. The van der Waals surface area contributed by atoms with Crippen molar-refractivity contribution >= 4 is 28.3 Å². The average Bonchev–Trinajstić information content (AvgIpc) is 3.40. The summed E-state index contributed by atoms with van der Waals surface area (Å²) in [7, 11) is 0. The molecule has 4 rings (SSSR count). The molecule has 3 aromatic rings. The van der Waals surface area contributed by atoms with Gasteiger partial charge in [-0.1, -0.05) is 13.0 Å². The second-order valence-electron chi connectivity index (χ2n) is 8.21. The van der Waals surface area contributed by atoms with E-state index in [0.717, 1.165) is 21.8 Å². The summed E-state index contributed by atoms with van der Waals surface area (Å²) in [4.78, 5) is 36.0. The number of nitrogens with one attached hydrogen (secondary N) is 1. The van der Waals surface area contributed by atoms with E-state index in [1.54, 1.807) is 23.5 Å². The van der Waals surface area contributed by atoms with Crippen molar-refractivity contribution in [2.24, 2.45) is 0 Å². The van der Waals surface area contributed by atoms with E-state index in [4.69, 9.17) is 4.74 Å². The van der Waals surface area contributed by atoms with Crippen molar-refractivity contribution < 1.29 is 14.3 Å². The maximum atomic E-state index is 12.7. The maximum absolute atomic E-state index is 12.7. The zero-order valence-corrected chi connectivity index (χ0v) is 20.0. The fraction of sp³-hybridized carbons (Fsp3) is 0.375. The molecule has 1 atom stereocenters. The summed E-state index contributed by atoms with van der Waals surface area (Å²) in [5.74, 6) is 0.716. The molecule has 0 saturated heterocycles. The van der Waals surface area contributed by atoms with Gasteiger partial charge in [0, 0.05) is 42.6 Å². The molecule has 0 aromatic carbocycles. The summed E-state index contributed by atoms with van der Waals surface area (Å²) in [6.07, 6.45) is 7.46. The number of fused-ring (bicyclic) bond motifs is 1. The van der Waals surface area contributed by atoms with Gasteiger partial charge >= 0.3 is 6.09 Å². The lowest BCUT2D eigenvalue weighted by Gasteiger charge is -2.26. The zero-order valence-electron chi connectivity index (χ0n) is 19.2. The molecule has 10 heteroatoms. The molecule has 0 unspecified atom stereocenters. The Morgan fingerprint density at radius 2 is 2.24 bits per heavy atom. The van der Waals surface area contributed by atoms with Crippen LogP contribution >= 0.6 is 11.3 Å². The Hall–Kier alpha value is -3.71. The van der Waals surface area contributed by atoms with Crippen molar-refractivity contribution in [2.45, 2.75) is 45.7 Å². The van der Waals surface area contributed by atoms with Crippen LogP contribution in [-0.4, -0.2) is 44.6 Å². The predicted molar refractivity (Wildman–Crippen MR) is 127 cm³/mol. The van der Waals surface area contributed by atoms with Crippen molar-refractivity contribution in [3.05, 3.63) is 64.3 Å². The lowest BCUT2D eigenvalue weighted by Crippen LogP contribution is -2.36. The van der Waals surface area contributed by atoms with Gasteiger partial charge in [-0.3, -0.25) is 9.78 Å². The number of amides is 2. The van der Waals surface area contributed by atoms with Crippen LogP contribution in [0, 0.1) is 18.3 Å². The number of anilines is 1. The van der Waals surface area contributed by atoms with Crippen molar-refractivity contribution in [3.63, 3.8) is 0 Å². The number of hydrogen-bond donors (Lipinski definition) is 1. The average molecular weight is 479 g/mol. The lowest BCUT2D eigenvalue weighted by molar-refractivity contribution is -0.116. The third-order valence-corrected chi connectivity index (χ3v) is 7.04. The summed E-state index contributed by atoms with van der Waals surface area (Å²) in [5.41, 5.74) is 2.38. The third kappa shape index (κ3) is 5.26. The number of imidazole rings is 1. The number of rotatable bonds is 7. The minimum atomic E-state index is -0.383. The van der Waals surface area contributed by atoms with E-state index < -0.39 is 0 Å². The van der Waals surface area contributed by atoms with E-state index in [1.165, 1.54) is 11.3 Å². The standard InChI is InChI=1S/C24H26N6O3S/c1-16(18-4-3-6-26-14-18)12-22(31)28-23-20(13-25)19-5-8-30(15-21(19)34-23)24(32)33-11-10-29-9-7-27-17(29)2/h3-4,6-7,9,14,16H,5,8,10-12,15H2,1-2H3,(H,28,31)/t16-/m0/s1. The molecule has 2 amide bonds. The van der Waals surface area contributed by atoms with Crippen LogP contribution in [0.15, 0.2) is 36.9 Å². The molecule has 1 aliphatic heterocycles. The Bertz CT molecular complexity index is 1210. The Balaban J connectivity index is 1.36. The van der Waals surface area contributed by atoms with Gasteiger partial charge in [-0.2, -0.15) is 5.26 Å². The van der Waals surface area contributed by atoms with Crippen molar-refractivity contribution in [1.82, 2.24) is 19.4 Å². The van der Waals surface area contributed by atoms with Gasteiger partial charge in [0.25, 0.3) is 0 Å². The SMILES string of the molecule is Cc1nccn1CCOC(=O)N1CCc2c(sc(NC(=O)C[C@H](C)c3cccnc3)c2C#N)C1. The number of carbonyl (C=O) groups is 2. The molecular weight excluding hydrogens is 452 g/mol. The van der Waals surface area contributed by atoms with Crippen LogP contribution in [0.4, 0.5) is 9.80 Å². The number of aryl methyl sites for hydroxylation is 1. The Labute approximate surface area is 202 Å². The topological polar surface area (TPSA) is 113 Å². The molecule has 0 radical (unpaired) electrons. The summed E-state index contributed by atoms with van der Waals surface area (Å²) < 4.78 is 7.36. The number of nitrogens with zero attached hydrogens (tertiary/aromatic N) is 5.